The highest BCUT2D eigenvalue weighted by atomic mass is 16.5. The lowest BCUT2D eigenvalue weighted by Gasteiger charge is -2.23. The van der Waals surface area contributed by atoms with Crippen LogP contribution in [0.4, 0.5) is 5.82 Å². The number of carbonyl (C=O) groups is 1. The summed E-state index contributed by atoms with van der Waals surface area (Å²) in [4.78, 5) is 12.2. The zero-order chi connectivity index (χ0) is 18.1. The maximum absolute atomic E-state index is 12.2. The molecular weight excluding hydrogens is 330 g/mol. The van der Waals surface area contributed by atoms with Crippen LogP contribution in [0.5, 0.6) is 11.5 Å². The van der Waals surface area contributed by atoms with Gasteiger partial charge in [-0.25, -0.2) is 0 Å². The zero-order valence-electron chi connectivity index (χ0n) is 14.8. The molecule has 1 aliphatic carbocycles. The lowest BCUT2D eigenvalue weighted by Crippen LogP contribution is -2.28. The average Bonchev–Trinajstić information content (AvgIpc) is 3.01. The van der Waals surface area contributed by atoms with Gasteiger partial charge in [0, 0.05) is 22.9 Å². The summed E-state index contributed by atoms with van der Waals surface area (Å²) in [5.74, 6) is 2.26. The van der Waals surface area contributed by atoms with Crippen molar-refractivity contribution in [2.75, 3.05) is 19.5 Å². The van der Waals surface area contributed by atoms with E-state index in [-0.39, 0.29) is 11.8 Å². The fraction of sp³-hybridized carbons (Fsp3) is 0.300. The molecule has 0 unspecified atom stereocenters. The van der Waals surface area contributed by atoms with E-state index in [0.29, 0.717) is 5.82 Å². The predicted octanol–water partition coefficient (Wildman–Crippen LogP) is 3.99. The molecule has 4 rings (SSSR count). The van der Waals surface area contributed by atoms with Gasteiger partial charge in [-0.15, -0.1) is 0 Å². The van der Waals surface area contributed by atoms with E-state index in [1.165, 1.54) is 0 Å². The second-order valence-corrected chi connectivity index (χ2v) is 6.52. The Morgan fingerprint density at radius 3 is 2.69 bits per heavy atom. The lowest BCUT2D eigenvalue weighted by molar-refractivity contribution is -0.122. The number of hydrogen-bond acceptors (Lipinski definition) is 4. The molecule has 134 valence electrons. The van der Waals surface area contributed by atoms with Crippen LogP contribution in [-0.2, 0) is 4.79 Å². The first kappa shape index (κ1) is 16.4. The highest BCUT2D eigenvalue weighted by molar-refractivity contribution is 6.01. The monoisotopic (exact) mass is 351 g/mol. The number of benzene rings is 2. The number of aromatic nitrogens is 2. The highest BCUT2D eigenvalue weighted by Crippen LogP contribution is 2.35. The van der Waals surface area contributed by atoms with E-state index in [9.17, 15) is 4.79 Å². The number of nitrogens with one attached hydrogen (secondary N) is 2. The minimum Gasteiger partial charge on any atom is -0.497 e. The third kappa shape index (κ3) is 2.87. The van der Waals surface area contributed by atoms with Gasteiger partial charge in [-0.1, -0.05) is 12.5 Å². The Kier molecular flexibility index (Phi) is 4.24. The van der Waals surface area contributed by atoms with Crippen molar-refractivity contribution in [3.05, 3.63) is 36.4 Å². The maximum Gasteiger partial charge on any atom is 0.228 e. The Morgan fingerprint density at radius 2 is 2.00 bits per heavy atom. The van der Waals surface area contributed by atoms with Crippen molar-refractivity contribution in [3.8, 4) is 22.6 Å². The van der Waals surface area contributed by atoms with Crippen LogP contribution in [0.15, 0.2) is 36.4 Å². The molecule has 6 nitrogen and oxygen atoms in total. The van der Waals surface area contributed by atoms with Gasteiger partial charge in [0.15, 0.2) is 5.82 Å². The van der Waals surface area contributed by atoms with Gasteiger partial charge < -0.3 is 14.8 Å². The summed E-state index contributed by atoms with van der Waals surface area (Å²) in [6.07, 6.45) is 3.07. The molecule has 1 aromatic heterocycles. The van der Waals surface area contributed by atoms with Crippen molar-refractivity contribution in [2.45, 2.75) is 19.3 Å². The molecule has 1 heterocycles. The standard InChI is InChI=1S/C20H21N3O3/c1-25-14-7-9-15(18(11-14)26-2)13-6-8-16-17(10-13)22-23-19(16)21-20(24)12-4-3-5-12/h6-12H,3-5H2,1-2H3,(H2,21,22,23,24). The van der Waals surface area contributed by atoms with Gasteiger partial charge in [-0.05, 0) is 42.7 Å². The number of H-pyrrole nitrogens is 1. The van der Waals surface area contributed by atoms with Crippen molar-refractivity contribution in [1.29, 1.82) is 0 Å². The fourth-order valence-electron chi connectivity index (χ4n) is 3.21. The van der Waals surface area contributed by atoms with E-state index >= 15 is 0 Å². The van der Waals surface area contributed by atoms with Crippen LogP contribution in [0.2, 0.25) is 0 Å². The second-order valence-electron chi connectivity index (χ2n) is 6.52. The molecule has 0 radical (unpaired) electrons. The van der Waals surface area contributed by atoms with Crippen LogP contribution < -0.4 is 14.8 Å². The molecule has 6 heteroatoms. The number of ether oxygens (including phenoxy) is 2. The van der Waals surface area contributed by atoms with E-state index < -0.39 is 0 Å². The Hall–Kier alpha value is -3.02. The zero-order valence-corrected chi connectivity index (χ0v) is 14.8. The largest absolute Gasteiger partial charge is 0.497 e. The highest BCUT2D eigenvalue weighted by Gasteiger charge is 2.26. The molecular formula is C20H21N3O3. The first-order chi connectivity index (χ1) is 12.7. The molecule has 2 N–H and O–H groups in total. The minimum atomic E-state index is 0.0607. The predicted molar refractivity (Wildman–Crippen MR) is 101 cm³/mol. The van der Waals surface area contributed by atoms with Gasteiger partial charge in [0.1, 0.15) is 11.5 Å². The maximum atomic E-state index is 12.2. The van der Waals surface area contributed by atoms with E-state index in [2.05, 4.69) is 15.5 Å². The van der Waals surface area contributed by atoms with Crippen LogP contribution in [0.3, 0.4) is 0 Å². The van der Waals surface area contributed by atoms with Crippen LogP contribution in [0, 0.1) is 5.92 Å². The third-order valence-corrected chi connectivity index (χ3v) is 5.00. The summed E-state index contributed by atoms with van der Waals surface area (Å²) in [5.41, 5.74) is 2.83. The quantitative estimate of drug-likeness (QED) is 0.729. The van der Waals surface area contributed by atoms with E-state index in [4.69, 9.17) is 9.47 Å². The molecule has 0 spiro atoms. The number of rotatable bonds is 5. The summed E-state index contributed by atoms with van der Waals surface area (Å²) in [7, 11) is 3.27. The number of aromatic amines is 1. The molecule has 0 bridgehead atoms. The van der Waals surface area contributed by atoms with Crippen LogP contribution >= 0.6 is 0 Å². The molecule has 1 saturated carbocycles. The summed E-state index contributed by atoms with van der Waals surface area (Å²) in [6, 6.07) is 11.7. The molecule has 0 aliphatic heterocycles. The molecule has 1 aliphatic rings. The smallest absolute Gasteiger partial charge is 0.228 e. The van der Waals surface area contributed by atoms with E-state index in [0.717, 1.165) is 52.8 Å². The number of fused-ring (bicyclic) bond motifs is 1. The summed E-state index contributed by atoms with van der Waals surface area (Å²) >= 11 is 0. The van der Waals surface area contributed by atoms with Gasteiger partial charge in [-0.2, -0.15) is 5.10 Å². The number of carbonyl (C=O) groups excluding carboxylic acids is 1. The molecule has 26 heavy (non-hydrogen) atoms. The minimum absolute atomic E-state index is 0.0607. The molecule has 0 atom stereocenters. The van der Waals surface area contributed by atoms with Crippen LogP contribution in [0.25, 0.3) is 22.0 Å². The Labute approximate surface area is 151 Å². The Balaban J connectivity index is 1.65. The van der Waals surface area contributed by atoms with Crippen molar-refractivity contribution in [1.82, 2.24) is 10.2 Å². The second kappa shape index (κ2) is 6.71. The van der Waals surface area contributed by atoms with Gasteiger partial charge in [-0.3, -0.25) is 9.89 Å². The van der Waals surface area contributed by atoms with Crippen LogP contribution in [0.1, 0.15) is 19.3 Å². The first-order valence-electron chi connectivity index (χ1n) is 8.71. The molecule has 0 saturated heterocycles. The van der Waals surface area contributed by atoms with Gasteiger partial charge in [0.25, 0.3) is 0 Å². The summed E-state index contributed by atoms with van der Waals surface area (Å²) < 4.78 is 10.7. The molecule has 1 amide bonds. The molecule has 1 fully saturated rings. The van der Waals surface area contributed by atoms with Gasteiger partial charge >= 0.3 is 0 Å². The number of methoxy groups -OCH3 is 2. The van der Waals surface area contributed by atoms with Gasteiger partial charge in [0.05, 0.1) is 19.7 Å². The average molecular weight is 351 g/mol. The summed E-state index contributed by atoms with van der Waals surface area (Å²) in [6.45, 7) is 0. The van der Waals surface area contributed by atoms with Crippen molar-refractivity contribution in [3.63, 3.8) is 0 Å². The van der Waals surface area contributed by atoms with Crippen LogP contribution in [-0.4, -0.2) is 30.3 Å². The Bertz CT molecular complexity index is 960. The SMILES string of the molecule is COc1ccc(-c2ccc3c(NC(=O)C4CCC4)n[nH]c3c2)c(OC)c1. The molecule has 2 aromatic carbocycles. The number of amides is 1. The van der Waals surface area contributed by atoms with Crippen molar-refractivity contribution < 1.29 is 14.3 Å². The van der Waals surface area contributed by atoms with E-state index in [1.807, 2.05) is 36.4 Å². The normalized spacial score (nSPS) is 14.1. The third-order valence-electron chi connectivity index (χ3n) is 5.00. The topological polar surface area (TPSA) is 76.2 Å². The summed E-state index contributed by atoms with van der Waals surface area (Å²) in [5, 5.41) is 11.1. The number of nitrogens with zero attached hydrogens (tertiary/aromatic N) is 1. The molecule has 3 aromatic rings. The first-order valence-corrected chi connectivity index (χ1v) is 8.71. The Morgan fingerprint density at radius 1 is 1.15 bits per heavy atom. The lowest BCUT2D eigenvalue weighted by atomic mass is 9.85. The van der Waals surface area contributed by atoms with E-state index in [1.54, 1.807) is 14.2 Å². The van der Waals surface area contributed by atoms with Crippen molar-refractivity contribution >= 4 is 22.6 Å². The number of hydrogen-bond donors (Lipinski definition) is 2. The fourth-order valence-corrected chi connectivity index (χ4v) is 3.21. The number of anilines is 1. The van der Waals surface area contributed by atoms with Crippen molar-refractivity contribution in [2.24, 2.45) is 5.92 Å². The van der Waals surface area contributed by atoms with Gasteiger partial charge in [0.2, 0.25) is 5.91 Å².